The molecule has 0 N–H and O–H groups in total. The highest BCUT2D eigenvalue weighted by atomic mass is 32.2. The standard InChI is InChI=1S/C14H19NO4S/c1-11(16)12-4-3-5-14(10-12)20(17,18)15-8-6-13(19-2)7-9-15/h3-5,10,13H,6-9H2,1-2H3. The van der Waals surface area contributed by atoms with Crippen LogP contribution in [0, 0.1) is 0 Å². The van der Waals surface area contributed by atoms with Gasteiger partial charge >= 0.3 is 0 Å². The fraction of sp³-hybridized carbons (Fsp3) is 0.500. The molecular formula is C14H19NO4S. The smallest absolute Gasteiger partial charge is 0.243 e. The summed E-state index contributed by atoms with van der Waals surface area (Å²) in [6.45, 7) is 2.33. The maximum absolute atomic E-state index is 12.5. The Morgan fingerprint density at radius 3 is 2.50 bits per heavy atom. The van der Waals surface area contributed by atoms with E-state index < -0.39 is 10.0 Å². The third-order valence-corrected chi connectivity index (χ3v) is 5.51. The van der Waals surface area contributed by atoms with E-state index in [1.165, 1.54) is 23.4 Å². The minimum absolute atomic E-state index is 0.130. The summed E-state index contributed by atoms with van der Waals surface area (Å²) in [6.07, 6.45) is 1.52. The number of hydrogen-bond donors (Lipinski definition) is 0. The van der Waals surface area contributed by atoms with Crippen LogP contribution in [0.1, 0.15) is 30.1 Å². The molecule has 1 aromatic carbocycles. The molecule has 1 aromatic rings. The number of hydrogen-bond acceptors (Lipinski definition) is 4. The highest BCUT2D eigenvalue weighted by Gasteiger charge is 2.29. The van der Waals surface area contributed by atoms with Crippen LogP contribution in [0.5, 0.6) is 0 Å². The number of ketones is 1. The topological polar surface area (TPSA) is 63.7 Å². The maximum Gasteiger partial charge on any atom is 0.243 e. The van der Waals surface area contributed by atoms with Gasteiger partial charge in [-0.2, -0.15) is 4.31 Å². The molecule has 20 heavy (non-hydrogen) atoms. The lowest BCUT2D eigenvalue weighted by atomic mass is 10.1. The normalized spacial score (nSPS) is 18.1. The van der Waals surface area contributed by atoms with Crippen molar-refractivity contribution in [3.63, 3.8) is 0 Å². The summed E-state index contributed by atoms with van der Waals surface area (Å²) in [5, 5.41) is 0. The van der Waals surface area contributed by atoms with Gasteiger partial charge in [-0.3, -0.25) is 4.79 Å². The quantitative estimate of drug-likeness (QED) is 0.793. The summed E-state index contributed by atoms with van der Waals surface area (Å²) in [5.74, 6) is -0.139. The molecule has 1 heterocycles. The zero-order chi connectivity index (χ0) is 14.8. The highest BCUT2D eigenvalue weighted by molar-refractivity contribution is 7.89. The Morgan fingerprint density at radius 2 is 1.95 bits per heavy atom. The van der Waals surface area contributed by atoms with Gasteiger partial charge < -0.3 is 4.74 Å². The second kappa shape index (κ2) is 6.03. The van der Waals surface area contributed by atoms with Crippen molar-refractivity contribution >= 4 is 15.8 Å². The number of piperidine rings is 1. The van der Waals surface area contributed by atoms with Gasteiger partial charge in [-0.1, -0.05) is 12.1 Å². The van der Waals surface area contributed by atoms with Crippen molar-refractivity contribution in [2.75, 3.05) is 20.2 Å². The lowest BCUT2D eigenvalue weighted by molar-refractivity contribution is 0.0604. The minimum atomic E-state index is -3.52. The molecule has 0 aromatic heterocycles. The van der Waals surface area contributed by atoms with Crippen LogP contribution in [0.25, 0.3) is 0 Å². The number of Topliss-reactive ketones (excluding diaryl/α,β-unsaturated/α-hetero) is 1. The van der Waals surface area contributed by atoms with Gasteiger partial charge in [-0.25, -0.2) is 8.42 Å². The molecule has 1 aliphatic rings. The average Bonchev–Trinajstić information content (AvgIpc) is 2.47. The van der Waals surface area contributed by atoms with Crippen molar-refractivity contribution in [2.24, 2.45) is 0 Å². The predicted molar refractivity (Wildman–Crippen MR) is 75.2 cm³/mol. The molecule has 0 bridgehead atoms. The van der Waals surface area contributed by atoms with E-state index in [2.05, 4.69) is 0 Å². The number of benzene rings is 1. The van der Waals surface area contributed by atoms with Gasteiger partial charge in [0.1, 0.15) is 0 Å². The Hall–Kier alpha value is -1.24. The first kappa shape index (κ1) is 15.2. The molecule has 0 atom stereocenters. The van der Waals surface area contributed by atoms with E-state index in [-0.39, 0.29) is 16.8 Å². The van der Waals surface area contributed by atoms with Crippen LogP contribution < -0.4 is 0 Å². The first-order valence-electron chi connectivity index (χ1n) is 6.59. The Bertz CT molecular complexity index is 589. The number of nitrogens with zero attached hydrogens (tertiary/aromatic N) is 1. The van der Waals surface area contributed by atoms with Crippen molar-refractivity contribution in [3.05, 3.63) is 29.8 Å². The summed E-state index contributed by atoms with van der Waals surface area (Å²) >= 11 is 0. The minimum Gasteiger partial charge on any atom is -0.381 e. The van der Waals surface area contributed by atoms with Crippen LogP contribution in [-0.4, -0.2) is 44.8 Å². The highest BCUT2D eigenvalue weighted by Crippen LogP contribution is 2.22. The van der Waals surface area contributed by atoms with Crippen molar-refractivity contribution in [3.8, 4) is 0 Å². The number of ether oxygens (including phenoxy) is 1. The molecular weight excluding hydrogens is 278 g/mol. The number of rotatable bonds is 4. The summed E-state index contributed by atoms with van der Waals surface area (Å²) in [7, 11) is -1.88. The largest absolute Gasteiger partial charge is 0.381 e. The third kappa shape index (κ3) is 3.08. The van der Waals surface area contributed by atoms with Gasteiger partial charge in [-0.05, 0) is 31.9 Å². The van der Waals surface area contributed by atoms with Crippen LogP contribution in [0.2, 0.25) is 0 Å². The van der Waals surface area contributed by atoms with Gasteiger partial charge in [0.25, 0.3) is 0 Å². The first-order chi connectivity index (χ1) is 9.45. The van der Waals surface area contributed by atoms with E-state index in [0.29, 0.717) is 31.5 Å². The SMILES string of the molecule is COC1CCN(S(=O)(=O)c2cccc(C(C)=O)c2)CC1. The van der Waals surface area contributed by atoms with E-state index in [1.807, 2.05) is 0 Å². The van der Waals surface area contributed by atoms with Crippen LogP contribution in [0.4, 0.5) is 0 Å². The second-order valence-corrected chi connectivity index (χ2v) is 6.86. The molecule has 0 unspecified atom stereocenters. The van der Waals surface area contributed by atoms with Crippen molar-refractivity contribution in [1.82, 2.24) is 4.31 Å². The molecule has 0 radical (unpaired) electrons. The molecule has 5 nitrogen and oxygen atoms in total. The monoisotopic (exact) mass is 297 g/mol. The lowest BCUT2D eigenvalue weighted by Crippen LogP contribution is -2.40. The van der Waals surface area contributed by atoms with E-state index in [9.17, 15) is 13.2 Å². The zero-order valence-electron chi connectivity index (χ0n) is 11.7. The van der Waals surface area contributed by atoms with Crippen LogP contribution in [0.3, 0.4) is 0 Å². The zero-order valence-corrected chi connectivity index (χ0v) is 12.5. The molecule has 0 amide bonds. The fourth-order valence-corrected chi connectivity index (χ4v) is 3.85. The molecule has 0 aliphatic carbocycles. The Balaban J connectivity index is 2.23. The van der Waals surface area contributed by atoms with Gasteiger partial charge in [0.15, 0.2) is 5.78 Å². The van der Waals surface area contributed by atoms with E-state index >= 15 is 0 Å². The van der Waals surface area contributed by atoms with Gasteiger partial charge in [0, 0.05) is 25.8 Å². The average molecular weight is 297 g/mol. The molecule has 6 heteroatoms. The Labute approximate surface area is 119 Å². The van der Waals surface area contributed by atoms with Crippen molar-refractivity contribution < 1.29 is 17.9 Å². The molecule has 1 fully saturated rings. The van der Waals surface area contributed by atoms with Gasteiger partial charge in [0.2, 0.25) is 10.0 Å². The lowest BCUT2D eigenvalue weighted by Gasteiger charge is -2.30. The van der Waals surface area contributed by atoms with Gasteiger partial charge in [-0.15, -0.1) is 0 Å². The fourth-order valence-electron chi connectivity index (χ4n) is 2.33. The molecule has 110 valence electrons. The van der Waals surface area contributed by atoms with Crippen molar-refractivity contribution in [1.29, 1.82) is 0 Å². The molecule has 2 rings (SSSR count). The molecule has 0 spiro atoms. The summed E-state index contributed by atoms with van der Waals surface area (Å²) < 4.78 is 31.8. The van der Waals surface area contributed by atoms with Gasteiger partial charge in [0.05, 0.1) is 11.0 Å². The Kier molecular flexibility index (Phi) is 4.57. The molecule has 1 aliphatic heterocycles. The van der Waals surface area contributed by atoms with E-state index in [0.717, 1.165) is 0 Å². The second-order valence-electron chi connectivity index (χ2n) is 4.92. The number of carbonyl (C=O) groups excluding carboxylic acids is 1. The van der Waals surface area contributed by atoms with E-state index in [1.54, 1.807) is 19.2 Å². The summed E-state index contributed by atoms with van der Waals surface area (Å²) in [6, 6.07) is 6.20. The first-order valence-corrected chi connectivity index (χ1v) is 8.03. The van der Waals surface area contributed by atoms with E-state index in [4.69, 9.17) is 4.74 Å². The van der Waals surface area contributed by atoms with Crippen LogP contribution >= 0.6 is 0 Å². The summed E-state index contributed by atoms with van der Waals surface area (Å²) in [5.41, 5.74) is 0.415. The number of carbonyl (C=O) groups is 1. The molecule has 0 saturated carbocycles. The number of methoxy groups -OCH3 is 1. The van der Waals surface area contributed by atoms with Crippen LogP contribution in [0.15, 0.2) is 29.2 Å². The Morgan fingerprint density at radius 1 is 1.30 bits per heavy atom. The van der Waals surface area contributed by atoms with Crippen LogP contribution in [-0.2, 0) is 14.8 Å². The van der Waals surface area contributed by atoms with Crippen molar-refractivity contribution in [2.45, 2.75) is 30.8 Å². The maximum atomic E-state index is 12.5. The molecule has 1 saturated heterocycles. The number of sulfonamides is 1. The summed E-state index contributed by atoms with van der Waals surface area (Å²) in [4.78, 5) is 11.5. The predicted octanol–water partition coefficient (Wildman–Crippen LogP) is 1.69. The third-order valence-electron chi connectivity index (χ3n) is 3.61.